The van der Waals surface area contributed by atoms with Crippen LogP contribution in [0, 0.1) is 31.1 Å². The number of aliphatic carboxylic acids is 1. The highest BCUT2D eigenvalue weighted by atomic mass is 35.5. The molecule has 3 N–H and O–H groups in total. The lowest BCUT2D eigenvalue weighted by atomic mass is 9.93. The molecule has 0 amide bonds. The van der Waals surface area contributed by atoms with Crippen LogP contribution in [-0.4, -0.2) is 64.5 Å². The lowest BCUT2D eigenvalue weighted by molar-refractivity contribution is -0.140. The number of aliphatic hydroxyl groups excluding tert-OH is 1. The lowest BCUT2D eigenvalue weighted by Crippen LogP contribution is -2.40. The average molecular weight is 727 g/mol. The van der Waals surface area contributed by atoms with Gasteiger partial charge in [0.1, 0.15) is 42.6 Å². The van der Waals surface area contributed by atoms with E-state index in [1.165, 1.54) is 6.20 Å². The van der Waals surface area contributed by atoms with Crippen LogP contribution in [0.5, 0.6) is 17.2 Å². The highest BCUT2D eigenvalue weighted by Gasteiger charge is 2.23. The van der Waals surface area contributed by atoms with E-state index in [-0.39, 0.29) is 31.8 Å². The van der Waals surface area contributed by atoms with E-state index in [0.717, 1.165) is 66.0 Å². The summed E-state index contributed by atoms with van der Waals surface area (Å²) in [5.74, 6) is 0.664. The zero-order valence-corrected chi connectivity index (χ0v) is 30.9. The molecule has 2 heterocycles. The van der Waals surface area contributed by atoms with Crippen LogP contribution in [0.3, 0.4) is 0 Å². The van der Waals surface area contributed by atoms with Crippen molar-refractivity contribution in [1.29, 1.82) is 5.26 Å². The number of likely N-dealkylation sites (tertiary alicyclic amines) is 1. The third-order valence-electron chi connectivity index (χ3n) is 9.41. The minimum atomic E-state index is -0.940. The summed E-state index contributed by atoms with van der Waals surface area (Å²) >= 11 is 6.77. The average Bonchev–Trinajstić information content (AvgIpc) is 3.54. The number of nitriles is 1. The van der Waals surface area contributed by atoms with E-state index in [4.69, 9.17) is 25.8 Å². The van der Waals surface area contributed by atoms with Crippen molar-refractivity contribution in [2.45, 2.75) is 72.4 Å². The number of aromatic nitrogens is 1. The quantitative estimate of drug-likeness (QED) is 0.0968. The van der Waals surface area contributed by atoms with Crippen molar-refractivity contribution in [3.8, 4) is 34.4 Å². The first-order valence-electron chi connectivity index (χ1n) is 17.6. The zero-order valence-electron chi connectivity index (χ0n) is 30.2. The van der Waals surface area contributed by atoms with Crippen molar-refractivity contribution in [3.63, 3.8) is 0 Å². The molecule has 1 aromatic heterocycles. The summed E-state index contributed by atoms with van der Waals surface area (Å²) in [6.07, 6.45) is 4.63. The third-order valence-corrected chi connectivity index (χ3v) is 9.70. The van der Waals surface area contributed by atoms with Gasteiger partial charge in [-0.25, -0.2) is 0 Å². The van der Waals surface area contributed by atoms with Gasteiger partial charge in [0, 0.05) is 55.8 Å². The summed E-state index contributed by atoms with van der Waals surface area (Å²) in [6.45, 7) is 11.6. The zero-order chi connectivity index (χ0) is 37.2. The number of hydrogen-bond acceptors (Lipinski definition) is 9. The first-order chi connectivity index (χ1) is 25.0. The molecule has 52 heavy (non-hydrogen) atoms. The number of pyridine rings is 1. The largest absolute Gasteiger partial charge is 0.493 e. The van der Waals surface area contributed by atoms with Crippen molar-refractivity contribution in [2.75, 3.05) is 26.2 Å². The van der Waals surface area contributed by atoms with Gasteiger partial charge in [0.15, 0.2) is 0 Å². The SMILES string of the molecule is Cc1c(COc2cc(OCc3cncc(C#N)c3)c(CN[C@H](C(=O)O)C(C)C)cc2Cl)cccc1-c1cccc(OCCCN2CC[C@@H](O)C2)c1C. The van der Waals surface area contributed by atoms with E-state index in [0.29, 0.717) is 39.8 Å². The molecule has 10 nitrogen and oxygen atoms in total. The topological polar surface area (TPSA) is 137 Å². The van der Waals surface area contributed by atoms with Gasteiger partial charge in [-0.2, -0.15) is 5.26 Å². The number of β-amino-alcohol motifs (C(OH)–C–C–N with tert-alkyl or cyclic N) is 1. The van der Waals surface area contributed by atoms with Gasteiger partial charge in [0.2, 0.25) is 0 Å². The standard InChI is InChI=1S/C41H47ClN4O6/c1-26(2)40(41(48)49)45-22-32-17-36(42)39(18-38(32)51-24-30-16-29(19-43)20-44-21-30)52-25-31-8-5-9-34(27(31)3)35-10-6-11-37(28(35)4)50-15-7-13-46-14-12-33(47)23-46/h5-6,8-11,16-18,20-21,26,33,40,45,47H,7,12-15,22-25H2,1-4H3,(H,48,49)/t33-,40+/m1/s1. The van der Waals surface area contributed by atoms with Crippen LogP contribution in [0.15, 0.2) is 67.0 Å². The van der Waals surface area contributed by atoms with E-state index < -0.39 is 12.0 Å². The Morgan fingerprint density at radius 2 is 1.75 bits per heavy atom. The van der Waals surface area contributed by atoms with Crippen LogP contribution < -0.4 is 19.5 Å². The van der Waals surface area contributed by atoms with Gasteiger partial charge in [-0.3, -0.25) is 15.1 Å². The Morgan fingerprint density at radius 3 is 2.46 bits per heavy atom. The number of rotatable bonds is 17. The molecule has 0 radical (unpaired) electrons. The minimum absolute atomic E-state index is 0.134. The first kappa shape index (κ1) is 38.6. The number of hydrogen-bond donors (Lipinski definition) is 3. The van der Waals surface area contributed by atoms with Crippen molar-refractivity contribution < 1.29 is 29.2 Å². The molecule has 274 valence electrons. The fourth-order valence-electron chi connectivity index (χ4n) is 6.41. The second-order valence-electron chi connectivity index (χ2n) is 13.6. The number of carbonyl (C=O) groups is 1. The van der Waals surface area contributed by atoms with Gasteiger partial charge in [0.25, 0.3) is 0 Å². The van der Waals surface area contributed by atoms with Gasteiger partial charge in [-0.15, -0.1) is 0 Å². The molecule has 1 fully saturated rings. The predicted molar refractivity (Wildman–Crippen MR) is 201 cm³/mol. The highest BCUT2D eigenvalue weighted by molar-refractivity contribution is 6.32. The Bertz CT molecular complexity index is 1890. The van der Waals surface area contributed by atoms with Crippen LogP contribution in [0.4, 0.5) is 0 Å². The Labute approximate surface area is 310 Å². The first-order valence-corrected chi connectivity index (χ1v) is 18.0. The van der Waals surface area contributed by atoms with Crippen LogP contribution in [0.2, 0.25) is 5.02 Å². The molecule has 11 heteroatoms. The van der Waals surface area contributed by atoms with Gasteiger partial charge >= 0.3 is 5.97 Å². The van der Waals surface area contributed by atoms with Crippen LogP contribution in [-0.2, 0) is 24.6 Å². The summed E-state index contributed by atoms with van der Waals surface area (Å²) in [5, 5.41) is 32.3. The van der Waals surface area contributed by atoms with E-state index in [1.54, 1.807) is 24.4 Å². The molecule has 1 saturated heterocycles. The van der Waals surface area contributed by atoms with E-state index >= 15 is 0 Å². The van der Waals surface area contributed by atoms with Crippen LogP contribution in [0.25, 0.3) is 11.1 Å². The third kappa shape index (κ3) is 10.0. The smallest absolute Gasteiger partial charge is 0.320 e. The van der Waals surface area contributed by atoms with Crippen molar-refractivity contribution in [3.05, 3.63) is 105 Å². The highest BCUT2D eigenvalue weighted by Crippen LogP contribution is 2.36. The molecule has 0 bridgehead atoms. The molecule has 4 aromatic rings. The maximum Gasteiger partial charge on any atom is 0.320 e. The number of carboxylic acid groups (broad SMARTS) is 1. The van der Waals surface area contributed by atoms with Crippen molar-refractivity contribution in [2.24, 2.45) is 5.92 Å². The van der Waals surface area contributed by atoms with Crippen LogP contribution >= 0.6 is 11.6 Å². The van der Waals surface area contributed by atoms with Gasteiger partial charge < -0.3 is 29.3 Å². The summed E-state index contributed by atoms with van der Waals surface area (Å²) in [7, 11) is 0. The number of halogens is 1. The van der Waals surface area contributed by atoms with Crippen LogP contribution in [0.1, 0.15) is 60.1 Å². The Morgan fingerprint density at radius 1 is 1.00 bits per heavy atom. The molecular weight excluding hydrogens is 680 g/mol. The lowest BCUT2D eigenvalue weighted by Gasteiger charge is -2.21. The fourth-order valence-corrected chi connectivity index (χ4v) is 6.65. The van der Waals surface area contributed by atoms with E-state index in [1.807, 2.05) is 38.1 Å². The van der Waals surface area contributed by atoms with Gasteiger partial charge in [-0.05, 0) is 78.6 Å². The molecule has 1 aliphatic rings. The molecule has 5 rings (SSSR count). The maximum atomic E-state index is 11.9. The number of carboxylic acids is 1. The van der Waals surface area contributed by atoms with Crippen molar-refractivity contribution in [1.82, 2.24) is 15.2 Å². The number of nitrogens with one attached hydrogen (secondary N) is 1. The minimum Gasteiger partial charge on any atom is -0.493 e. The van der Waals surface area contributed by atoms with Crippen molar-refractivity contribution >= 4 is 17.6 Å². The Hall–Kier alpha value is -4.66. The number of benzene rings is 3. The summed E-state index contributed by atoms with van der Waals surface area (Å²) in [5.41, 5.74) is 7.08. The fraction of sp³-hybridized carbons (Fsp3) is 0.390. The summed E-state index contributed by atoms with van der Waals surface area (Å²) in [6, 6.07) is 18.7. The second-order valence-corrected chi connectivity index (χ2v) is 14.0. The number of ether oxygens (including phenoxy) is 3. The van der Waals surface area contributed by atoms with E-state index in [9.17, 15) is 20.3 Å². The molecule has 3 aromatic carbocycles. The summed E-state index contributed by atoms with van der Waals surface area (Å²) < 4.78 is 18.8. The summed E-state index contributed by atoms with van der Waals surface area (Å²) in [4.78, 5) is 18.3. The molecule has 0 unspecified atom stereocenters. The number of nitrogens with zero attached hydrogens (tertiary/aromatic N) is 3. The monoisotopic (exact) mass is 726 g/mol. The predicted octanol–water partition coefficient (Wildman–Crippen LogP) is 7.08. The number of aliphatic hydroxyl groups is 1. The Kier molecular flexibility index (Phi) is 13.5. The normalized spacial score (nSPS) is 15.0. The van der Waals surface area contributed by atoms with Gasteiger partial charge in [-0.1, -0.05) is 55.8 Å². The second kappa shape index (κ2) is 18.2. The van der Waals surface area contributed by atoms with Gasteiger partial charge in [0.05, 0.1) is 23.3 Å². The molecule has 0 spiro atoms. The molecular formula is C41H47ClN4O6. The Balaban J connectivity index is 1.31. The molecule has 2 atom stereocenters. The molecule has 1 aliphatic heterocycles. The maximum absolute atomic E-state index is 11.9. The molecule has 0 saturated carbocycles. The molecule has 0 aliphatic carbocycles. The van der Waals surface area contributed by atoms with E-state index in [2.05, 4.69) is 47.3 Å².